The quantitative estimate of drug-likeness (QED) is 0.460. The first-order chi connectivity index (χ1) is 13.0. The van der Waals surface area contributed by atoms with E-state index < -0.39 is 6.10 Å². The van der Waals surface area contributed by atoms with E-state index in [9.17, 15) is 4.79 Å². The minimum Gasteiger partial charge on any atom is -0.479 e. The molecule has 0 aliphatic heterocycles. The summed E-state index contributed by atoms with van der Waals surface area (Å²) in [6.07, 6.45) is 0.177. The van der Waals surface area contributed by atoms with E-state index in [-0.39, 0.29) is 5.91 Å². The smallest absolute Gasteiger partial charge is 0.265 e. The van der Waals surface area contributed by atoms with Gasteiger partial charge in [-0.25, -0.2) is 0 Å². The van der Waals surface area contributed by atoms with Crippen LogP contribution in [0, 0.1) is 0 Å². The van der Waals surface area contributed by atoms with Crippen molar-refractivity contribution in [1.82, 2.24) is 0 Å². The van der Waals surface area contributed by atoms with E-state index in [1.807, 2.05) is 24.3 Å². The summed E-state index contributed by atoms with van der Waals surface area (Å²) in [5.41, 5.74) is 5.76. The lowest BCUT2D eigenvalue weighted by Gasteiger charge is -2.16. The van der Waals surface area contributed by atoms with Gasteiger partial charge in [-0.15, -0.1) is 0 Å². The number of rotatable bonds is 4. The molecule has 0 fully saturated rings. The first kappa shape index (κ1) is 17.9. The Bertz CT molecular complexity index is 1030. The van der Waals surface area contributed by atoms with Crippen LogP contribution >= 0.6 is 23.2 Å². The van der Waals surface area contributed by atoms with E-state index >= 15 is 0 Å². The highest BCUT2D eigenvalue weighted by atomic mass is 35.5. The van der Waals surface area contributed by atoms with Crippen molar-refractivity contribution in [2.24, 2.45) is 0 Å². The Labute approximate surface area is 167 Å². The maximum atomic E-state index is 12.5. The molecule has 0 saturated heterocycles. The van der Waals surface area contributed by atoms with Crippen LogP contribution < -0.4 is 10.1 Å². The number of fused-ring (bicyclic) bond motifs is 3. The highest BCUT2D eigenvalue weighted by molar-refractivity contribution is 6.35. The molecule has 3 aromatic rings. The number of hydrogen-bond acceptors (Lipinski definition) is 2. The maximum absolute atomic E-state index is 12.5. The summed E-state index contributed by atoms with van der Waals surface area (Å²) in [6.45, 7) is 1.68. The standard InChI is InChI=1S/C22H17Cl2NO2/c1-13(27-21-9-6-16(23)12-20(21)24)22(26)25-17-7-8-19-15(11-17)10-14-4-2-3-5-18(14)19/h2-9,11-13H,10H2,1H3,(H,25,26). The van der Waals surface area contributed by atoms with E-state index in [0.717, 1.165) is 12.1 Å². The molecule has 0 bridgehead atoms. The van der Waals surface area contributed by atoms with E-state index in [0.29, 0.717) is 15.8 Å². The highest BCUT2D eigenvalue weighted by Crippen LogP contribution is 2.37. The first-order valence-corrected chi connectivity index (χ1v) is 9.40. The number of amides is 1. The Morgan fingerprint density at radius 2 is 1.78 bits per heavy atom. The van der Waals surface area contributed by atoms with Gasteiger partial charge in [-0.1, -0.05) is 53.5 Å². The van der Waals surface area contributed by atoms with Crippen molar-refractivity contribution in [2.45, 2.75) is 19.4 Å². The topological polar surface area (TPSA) is 38.3 Å². The van der Waals surface area contributed by atoms with Crippen molar-refractivity contribution in [3.05, 3.63) is 81.8 Å². The van der Waals surface area contributed by atoms with Gasteiger partial charge in [0.25, 0.3) is 5.91 Å². The van der Waals surface area contributed by atoms with Gasteiger partial charge in [-0.2, -0.15) is 0 Å². The third-order valence-electron chi connectivity index (χ3n) is 4.63. The zero-order valence-electron chi connectivity index (χ0n) is 14.6. The molecular formula is C22H17Cl2NO2. The minimum absolute atomic E-state index is 0.239. The van der Waals surface area contributed by atoms with Gasteiger partial charge in [0.05, 0.1) is 5.02 Å². The third kappa shape index (κ3) is 3.66. The fourth-order valence-electron chi connectivity index (χ4n) is 3.28. The van der Waals surface area contributed by atoms with Gasteiger partial charge >= 0.3 is 0 Å². The van der Waals surface area contributed by atoms with E-state index in [4.69, 9.17) is 27.9 Å². The summed E-state index contributed by atoms with van der Waals surface area (Å²) in [4.78, 5) is 12.5. The van der Waals surface area contributed by atoms with Crippen LogP contribution in [0.5, 0.6) is 5.75 Å². The first-order valence-electron chi connectivity index (χ1n) is 8.65. The van der Waals surface area contributed by atoms with Gasteiger partial charge in [-0.05, 0) is 65.9 Å². The number of halogens is 2. The minimum atomic E-state index is -0.700. The number of hydrogen-bond donors (Lipinski definition) is 1. The molecule has 136 valence electrons. The Morgan fingerprint density at radius 3 is 2.59 bits per heavy atom. The van der Waals surface area contributed by atoms with Crippen LogP contribution in [0.3, 0.4) is 0 Å². The fourth-order valence-corrected chi connectivity index (χ4v) is 3.73. The Morgan fingerprint density at radius 1 is 1.00 bits per heavy atom. The second-order valence-electron chi connectivity index (χ2n) is 6.53. The Kier molecular flexibility index (Phi) is 4.81. The predicted octanol–water partition coefficient (Wildman–Crippen LogP) is 5.97. The largest absolute Gasteiger partial charge is 0.479 e. The lowest BCUT2D eigenvalue weighted by Crippen LogP contribution is -2.30. The van der Waals surface area contributed by atoms with Crippen LogP contribution in [-0.2, 0) is 11.2 Å². The summed E-state index contributed by atoms with van der Waals surface area (Å²) in [6, 6.07) is 19.3. The predicted molar refractivity (Wildman–Crippen MR) is 110 cm³/mol. The molecule has 0 aromatic heterocycles. The molecule has 1 atom stereocenters. The van der Waals surface area contributed by atoms with Gasteiger partial charge in [-0.3, -0.25) is 4.79 Å². The van der Waals surface area contributed by atoms with Crippen molar-refractivity contribution in [3.8, 4) is 16.9 Å². The zero-order valence-corrected chi connectivity index (χ0v) is 16.1. The lowest BCUT2D eigenvalue weighted by molar-refractivity contribution is -0.122. The molecule has 1 unspecified atom stereocenters. The monoisotopic (exact) mass is 397 g/mol. The van der Waals surface area contributed by atoms with Gasteiger partial charge in [0, 0.05) is 10.7 Å². The molecule has 1 aliphatic rings. The molecule has 0 heterocycles. The van der Waals surface area contributed by atoms with E-state index in [1.54, 1.807) is 25.1 Å². The molecule has 0 saturated carbocycles. The van der Waals surface area contributed by atoms with Crippen LogP contribution in [0.2, 0.25) is 10.0 Å². The SMILES string of the molecule is CC(Oc1ccc(Cl)cc1Cl)C(=O)Nc1ccc2c(c1)Cc1ccccc1-2. The van der Waals surface area contributed by atoms with E-state index in [2.05, 4.69) is 23.5 Å². The summed E-state index contributed by atoms with van der Waals surface area (Å²) >= 11 is 12.0. The Balaban J connectivity index is 1.46. The molecule has 4 rings (SSSR count). The molecule has 3 aromatic carbocycles. The third-order valence-corrected chi connectivity index (χ3v) is 5.16. The molecule has 1 N–H and O–H groups in total. The van der Waals surface area contributed by atoms with Crippen molar-refractivity contribution < 1.29 is 9.53 Å². The van der Waals surface area contributed by atoms with Crippen LogP contribution in [0.25, 0.3) is 11.1 Å². The Hall–Kier alpha value is -2.49. The van der Waals surface area contributed by atoms with Crippen molar-refractivity contribution in [3.63, 3.8) is 0 Å². The molecule has 0 spiro atoms. The number of nitrogens with one attached hydrogen (secondary N) is 1. The fraction of sp³-hybridized carbons (Fsp3) is 0.136. The van der Waals surface area contributed by atoms with Crippen molar-refractivity contribution in [2.75, 3.05) is 5.32 Å². The summed E-state index contributed by atoms with van der Waals surface area (Å²) in [5, 5.41) is 3.81. The zero-order chi connectivity index (χ0) is 19.0. The normalized spacial score (nSPS) is 12.9. The number of benzene rings is 3. The highest BCUT2D eigenvalue weighted by Gasteiger charge is 2.20. The molecular weight excluding hydrogens is 381 g/mol. The van der Waals surface area contributed by atoms with Crippen LogP contribution in [0.15, 0.2) is 60.7 Å². The number of carbonyl (C=O) groups excluding carboxylic acids is 1. The van der Waals surface area contributed by atoms with Gasteiger partial charge in [0.15, 0.2) is 6.10 Å². The van der Waals surface area contributed by atoms with E-state index in [1.165, 1.54) is 22.3 Å². The summed E-state index contributed by atoms with van der Waals surface area (Å²) in [5.74, 6) is 0.185. The van der Waals surface area contributed by atoms with Gasteiger partial charge in [0.1, 0.15) is 5.75 Å². The molecule has 1 amide bonds. The maximum Gasteiger partial charge on any atom is 0.265 e. The molecule has 0 radical (unpaired) electrons. The average molecular weight is 398 g/mol. The van der Waals surface area contributed by atoms with Crippen LogP contribution in [0.1, 0.15) is 18.1 Å². The summed E-state index contributed by atoms with van der Waals surface area (Å²) in [7, 11) is 0. The van der Waals surface area contributed by atoms with Gasteiger partial charge in [0.2, 0.25) is 0 Å². The number of anilines is 1. The van der Waals surface area contributed by atoms with Crippen LogP contribution in [0.4, 0.5) is 5.69 Å². The van der Waals surface area contributed by atoms with Crippen molar-refractivity contribution >= 4 is 34.8 Å². The van der Waals surface area contributed by atoms with Crippen LogP contribution in [-0.4, -0.2) is 12.0 Å². The molecule has 27 heavy (non-hydrogen) atoms. The summed E-state index contributed by atoms with van der Waals surface area (Å²) < 4.78 is 5.67. The van der Waals surface area contributed by atoms with Gasteiger partial charge < -0.3 is 10.1 Å². The molecule has 1 aliphatic carbocycles. The number of carbonyl (C=O) groups is 1. The second-order valence-corrected chi connectivity index (χ2v) is 7.37. The second kappa shape index (κ2) is 7.26. The lowest BCUT2D eigenvalue weighted by atomic mass is 10.1. The molecule has 5 heteroatoms. The molecule has 3 nitrogen and oxygen atoms in total. The van der Waals surface area contributed by atoms with Crippen molar-refractivity contribution in [1.29, 1.82) is 0 Å². The number of ether oxygens (including phenoxy) is 1. The average Bonchev–Trinajstić information content (AvgIpc) is 3.01.